The highest BCUT2D eigenvalue weighted by Crippen LogP contribution is 2.30. The summed E-state index contributed by atoms with van der Waals surface area (Å²) in [5.41, 5.74) is 0. The summed E-state index contributed by atoms with van der Waals surface area (Å²) in [4.78, 5) is 2.63. The molecule has 2 heterocycles. The van der Waals surface area contributed by atoms with Crippen LogP contribution in [0.15, 0.2) is 0 Å². The first-order chi connectivity index (χ1) is 4.86. The molecule has 2 aliphatic rings. The van der Waals surface area contributed by atoms with Crippen LogP contribution in [0.3, 0.4) is 0 Å². The topological polar surface area (TPSA) is 3.24 Å². The van der Waals surface area contributed by atoms with Crippen molar-refractivity contribution in [3.8, 4) is 0 Å². The lowest BCUT2D eigenvalue weighted by Gasteiger charge is -2.41. The van der Waals surface area contributed by atoms with Gasteiger partial charge in [-0.05, 0) is 44.2 Å². The maximum absolute atomic E-state index is 2.63. The molecule has 58 valence electrons. The number of hydrogen-bond acceptors (Lipinski definition) is 1. The fraction of sp³-hybridized carbons (Fsp3) is 1.00. The monoisotopic (exact) mass is 139 g/mol. The quantitative estimate of drug-likeness (QED) is 0.494. The minimum atomic E-state index is 1.01. The third-order valence-electron chi connectivity index (χ3n) is 3.25. The van der Waals surface area contributed by atoms with E-state index in [4.69, 9.17) is 0 Å². The van der Waals surface area contributed by atoms with Gasteiger partial charge in [-0.3, -0.25) is 0 Å². The maximum atomic E-state index is 2.63. The van der Waals surface area contributed by atoms with Crippen LogP contribution in [0, 0.1) is 11.8 Å². The van der Waals surface area contributed by atoms with Crippen LogP contribution in [0.25, 0.3) is 0 Å². The van der Waals surface area contributed by atoms with E-state index in [1.165, 1.54) is 38.9 Å². The van der Waals surface area contributed by atoms with Crippen LogP contribution >= 0.6 is 0 Å². The van der Waals surface area contributed by atoms with Crippen molar-refractivity contribution in [3.05, 3.63) is 0 Å². The summed E-state index contributed by atoms with van der Waals surface area (Å²) < 4.78 is 0. The van der Waals surface area contributed by atoms with Crippen molar-refractivity contribution in [3.63, 3.8) is 0 Å². The van der Waals surface area contributed by atoms with Gasteiger partial charge in [0, 0.05) is 6.54 Å². The van der Waals surface area contributed by atoms with E-state index < -0.39 is 0 Å². The van der Waals surface area contributed by atoms with E-state index in [9.17, 15) is 0 Å². The predicted octanol–water partition coefficient (Wildman–Crippen LogP) is 1.74. The van der Waals surface area contributed by atoms with Crippen molar-refractivity contribution in [1.82, 2.24) is 4.90 Å². The van der Waals surface area contributed by atoms with Gasteiger partial charge in [-0.15, -0.1) is 0 Å². The Kier molecular flexibility index (Phi) is 1.69. The number of rotatable bonds is 0. The zero-order valence-corrected chi connectivity index (χ0v) is 6.84. The van der Waals surface area contributed by atoms with Crippen molar-refractivity contribution < 1.29 is 0 Å². The lowest BCUT2D eigenvalue weighted by Crippen LogP contribution is -2.43. The van der Waals surface area contributed by atoms with Crippen LogP contribution in [-0.4, -0.2) is 24.5 Å². The summed E-state index contributed by atoms with van der Waals surface area (Å²) in [6.07, 6.45) is 4.40. The van der Waals surface area contributed by atoms with Crippen LogP contribution in [-0.2, 0) is 0 Å². The van der Waals surface area contributed by atoms with Crippen LogP contribution in [0.1, 0.15) is 26.2 Å². The highest BCUT2D eigenvalue weighted by molar-refractivity contribution is 4.81. The molecule has 2 rings (SSSR count). The van der Waals surface area contributed by atoms with Crippen LogP contribution in [0.5, 0.6) is 0 Å². The van der Waals surface area contributed by atoms with Gasteiger partial charge < -0.3 is 4.90 Å². The van der Waals surface area contributed by atoms with Gasteiger partial charge in [-0.25, -0.2) is 0 Å². The molecule has 1 nitrogen and oxygen atoms in total. The average molecular weight is 139 g/mol. The Hall–Kier alpha value is -0.0400. The van der Waals surface area contributed by atoms with Crippen LogP contribution in [0.2, 0.25) is 0 Å². The summed E-state index contributed by atoms with van der Waals surface area (Å²) in [6.45, 7) is 6.58. The first-order valence-electron chi connectivity index (χ1n) is 4.58. The molecule has 3 atom stereocenters. The molecule has 1 heteroatoms. The van der Waals surface area contributed by atoms with E-state index in [-0.39, 0.29) is 0 Å². The molecule has 2 saturated heterocycles. The summed E-state index contributed by atoms with van der Waals surface area (Å²) >= 11 is 0. The first-order valence-corrected chi connectivity index (χ1v) is 4.58. The Morgan fingerprint density at radius 2 is 2.10 bits per heavy atom. The van der Waals surface area contributed by atoms with Crippen LogP contribution in [0.4, 0.5) is 0 Å². The number of fused-ring (bicyclic) bond motifs is 2. The van der Waals surface area contributed by atoms with Gasteiger partial charge >= 0.3 is 0 Å². The van der Waals surface area contributed by atoms with E-state index in [2.05, 4.69) is 11.8 Å². The van der Waals surface area contributed by atoms with Gasteiger partial charge in [0.25, 0.3) is 0 Å². The van der Waals surface area contributed by atoms with E-state index in [1.807, 2.05) is 0 Å². The summed E-state index contributed by atoms with van der Waals surface area (Å²) in [5, 5.41) is 0. The molecule has 2 bridgehead atoms. The van der Waals surface area contributed by atoms with Crippen molar-refractivity contribution in [2.45, 2.75) is 26.2 Å². The van der Waals surface area contributed by atoms with E-state index in [0.29, 0.717) is 0 Å². The van der Waals surface area contributed by atoms with E-state index >= 15 is 0 Å². The SMILES string of the molecule is CC1CCN2CCCC1C2. The van der Waals surface area contributed by atoms with Gasteiger partial charge in [0.1, 0.15) is 0 Å². The molecule has 10 heavy (non-hydrogen) atoms. The molecule has 0 saturated carbocycles. The van der Waals surface area contributed by atoms with Gasteiger partial charge in [-0.1, -0.05) is 6.92 Å². The minimum Gasteiger partial charge on any atom is -0.303 e. The predicted molar refractivity (Wildman–Crippen MR) is 42.9 cm³/mol. The van der Waals surface area contributed by atoms with Crippen LogP contribution < -0.4 is 0 Å². The molecule has 0 aromatic rings. The largest absolute Gasteiger partial charge is 0.303 e. The Labute approximate surface area is 63.4 Å². The Morgan fingerprint density at radius 3 is 2.90 bits per heavy atom. The van der Waals surface area contributed by atoms with Gasteiger partial charge in [0.05, 0.1) is 0 Å². The normalized spacial score (nSPS) is 47.1. The summed E-state index contributed by atoms with van der Waals surface area (Å²) in [7, 11) is 0. The number of hydrogen-bond donors (Lipinski definition) is 0. The third kappa shape index (κ3) is 1.07. The van der Waals surface area contributed by atoms with E-state index in [1.54, 1.807) is 0 Å². The minimum absolute atomic E-state index is 1.01. The Morgan fingerprint density at radius 1 is 1.20 bits per heavy atom. The molecule has 0 spiro atoms. The standard InChI is InChI=1S/C9H17N/c1-8-4-6-10-5-2-3-9(8)7-10/h8-9H,2-7H2,1H3. The third-order valence-corrected chi connectivity index (χ3v) is 3.25. The fourth-order valence-corrected chi connectivity index (χ4v) is 2.38. The van der Waals surface area contributed by atoms with Crippen molar-refractivity contribution in [2.24, 2.45) is 11.8 Å². The molecule has 0 radical (unpaired) electrons. The van der Waals surface area contributed by atoms with Gasteiger partial charge in [0.15, 0.2) is 0 Å². The summed E-state index contributed by atoms with van der Waals surface area (Å²) in [6, 6.07) is 0. The molecular weight excluding hydrogens is 122 g/mol. The van der Waals surface area contributed by atoms with Crippen molar-refractivity contribution in [1.29, 1.82) is 0 Å². The lowest BCUT2D eigenvalue weighted by atomic mass is 9.81. The fourth-order valence-electron chi connectivity index (χ4n) is 2.38. The Balaban J connectivity index is 2.00. The second kappa shape index (κ2) is 2.54. The highest BCUT2D eigenvalue weighted by atomic mass is 15.1. The first kappa shape index (κ1) is 6.66. The molecule has 0 aromatic carbocycles. The molecular formula is C9H17N. The highest BCUT2D eigenvalue weighted by Gasteiger charge is 2.28. The lowest BCUT2D eigenvalue weighted by molar-refractivity contribution is 0.0822. The smallest absolute Gasteiger partial charge is 0.00122 e. The molecule has 0 N–H and O–H groups in total. The second-order valence-corrected chi connectivity index (χ2v) is 3.97. The molecule has 2 aliphatic heterocycles. The number of nitrogens with zero attached hydrogens (tertiary/aromatic N) is 1. The van der Waals surface area contributed by atoms with Crippen molar-refractivity contribution in [2.75, 3.05) is 19.6 Å². The molecule has 0 aliphatic carbocycles. The summed E-state index contributed by atoms with van der Waals surface area (Å²) in [5.74, 6) is 2.05. The molecule has 3 unspecified atom stereocenters. The molecule has 2 fully saturated rings. The maximum Gasteiger partial charge on any atom is 0.00122 e. The zero-order valence-electron chi connectivity index (χ0n) is 6.84. The van der Waals surface area contributed by atoms with E-state index in [0.717, 1.165) is 11.8 Å². The average Bonchev–Trinajstić information content (AvgIpc) is 1.99. The van der Waals surface area contributed by atoms with Crippen molar-refractivity contribution >= 4 is 0 Å². The van der Waals surface area contributed by atoms with Gasteiger partial charge in [-0.2, -0.15) is 0 Å². The molecule has 0 amide bonds. The second-order valence-electron chi connectivity index (χ2n) is 3.97. The number of piperidine rings is 2. The zero-order chi connectivity index (χ0) is 6.97. The van der Waals surface area contributed by atoms with Gasteiger partial charge in [0.2, 0.25) is 0 Å². The molecule has 0 aromatic heterocycles. The Bertz CT molecular complexity index is 120.